The van der Waals surface area contributed by atoms with Gasteiger partial charge in [-0.3, -0.25) is 0 Å². The molecule has 3 nitrogen and oxygen atoms in total. The van der Waals surface area contributed by atoms with Crippen molar-refractivity contribution in [3.8, 4) is 5.88 Å². The van der Waals surface area contributed by atoms with E-state index in [9.17, 15) is 0 Å². The normalized spacial score (nSPS) is 17.7. The maximum atomic E-state index is 5.80. The number of aromatic nitrogens is 1. The van der Waals surface area contributed by atoms with Crippen molar-refractivity contribution in [2.24, 2.45) is 0 Å². The van der Waals surface area contributed by atoms with Crippen LogP contribution in [0.2, 0.25) is 0 Å². The van der Waals surface area contributed by atoms with Crippen LogP contribution in [0.1, 0.15) is 18.4 Å². The maximum Gasteiger partial charge on any atom is 0.228 e. The van der Waals surface area contributed by atoms with Crippen LogP contribution in [0.25, 0.3) is 0 Å². The molecule has 0 saturated carbocycles. The van der Waals surface area contributed by atoms with Gasteiger partial charge in [0.25, 0.3) is 0 Å². The Morgan fingerprint density at radius 3 is 2.87 bits per heavy atom. The summed E-state index contributed by atoms with van der Waals surface area (Å²) in [5.41, 5.74) is 1.13. The molecule has 1 aromatic heterocycles. The van der Waals surface area contributed by atoms with E-state index < -0.39 is 0 Å². The van der Waals surface area contributed by atoms with E-state index in [0.29, 0.717) is 5.88 Å². The van der Waals surface area contributed by atoms with Crippen LogP contribution >= 0.6 is 15.9 Å². The van der Waals surface area contributed by atoms with Gasteiger partial charge in [0, 0.05) is 19.0 Å². The summed E-state index contributed by atoms with van der Waals surface area (Å²) < 4.78 is 12.0. The number of pyridine rings is 1. The smallest absolute Gasteiger partial charge is 0.228 e. The summed E-state index contributed by atoms with van der Waals surface area (Å²) in [6, 6.07) is 2.02. The molecule has 2 rings (SSSR count). The lowest BCUT2D eigenvalue weighted by Crippen LogP contribution is -2.26. The van der Waals surface area contributed by atoms with E-state index in [1.807, 2.05) is 19.2 Å². The summed E-state index contributed by atoms with van der Waals surface area (Å²) in [4.78, 5) is 4.26. The van der Waals surface area contributed by atoms with Crippen LogP contribution in [0.5, 0.6) is 5.88 Å². The molecule has 2 heterocycles. The Bertz CT molecular complexity index is 337. The minimum absolute atomic E-state index is 0.241. The standard InChI is InChI=1S/C11H14BrNO2/c1-8-6-10(12)11(13-7-8)15-9-2-4-14-5-3-9/h6-7,9H,2-5H2,1H3. The van der Waals surface area contributed by atoms with Gasteiger partial charge in [-0.15, -0.1) is 0 Å². The van der Waals surface area contributed by atoms with E-state index in [-0.39, 0.29) is 6.10 Å². The van der Waals surface area contributed by atoms with E-state index in [1.165, 1.54) is 0 Å². The van der Waals surface area contributed by atoms with Crippen LogP contribution in [-0.2, 0) is 4.74 Å². The largest absolute Gasteiger partial charge is 0.473 e. The maximum absolute atomic E-state index is 5.80. The second-order valence-electron chi connectivity index (χ2n) is 3.73. The molecule has 1 aromatic rings. The molecule has 0 amide bonds. The van der Waals surface area contributed by atoms with E-state index in [1.54, 1.807) is 0 Å². The van der Waals surface area contributed by atoms with Gasteiger partial charge in [0.05, 0.1) is 17.7 Å². The average Bonchev–Trinajstić information content (AvgIpc) is 2.24. The first-order valence-corrected chi connectivity index (χ1v) is 5.91. The van der Waals surface area contributed by atoms with Crippen LogP contribution in [-0.4, -0.2) is 24.3 Å². The zero-order valence-electron chi connectivity index (χ0n) is 8.70. The molecule has 0 aliphatic carbocycles. The molecule has 0 N–H and O–H groups in total. The Morgan fingerprint density at radius 1 is 1.47 bits per heavy atom. The quantitative estimate of drug-likeness (QED) is 0.829. The molecule has 1 aliphatic heterocycles. The van der Waals surface area contributed by atoms with Gasteiger partial charge in [-0.05, 0) is 34.5 Å². The van der Waals surface area contributed by atoms with Crippen molar-refractivity contribution in [3.63, 3.8) is 0 Å². The number of aryl methyl sites for hydroxylation is 1. The predicted octanol–water partition coefficient (Wildman–Crippen LogP) is 2.71. The molecule has 0 radical (unpaired) electrons. The van der Waals surface area contributed by atoms with Gasteiger partial charge in [0.2, 0.25) is 5.88 Å². The molecule has 15 heavy (non-hydrogen) atoms. The second kappa shape index (κ2) is 4.94. The number of halogens is 1. The van der Waals surface area contributed by atoms with Gasteiger partial charge in [0.15, 0.2) is 0 Å². The Morgan fingerprint density at radius 2 is 2.20 bits per heavy atom. The minimum atomic E-state index is 0.241. The average molecular weight is 272 g/mol. The fourth-order valence-corrected chi connectivity index (χ4v) is 2.12. The molecular formula is C11H14BrNO2. The lowest BCUT2D eigenvalue weighted by molar-refractivity contribution is 0.0234. The monoisotopic (exact) mass is 271 g/mol. The summed E-state index contributed by atoms with van der Waals surface area (Å²) in [5.74, 6) is 0.688. The molecule has 4 heteroatoms. The van der Waals surface area contributed by atoms with Gasteiger partial charge in [-0.1, -0.05) is 0 Å². The van der Waals surface area contributed by atoms with E-state index >= 15 is 0 Å². The molecule has 0 bridgehead atoms. The van der Waals surface area contributed by atoms with Crippen molar-refractivity contribution >= 4 is 15.9 Å². The van der Waals surface area contributed by atoms with Crippen molar-refractivity contribution in [1.29, 1.82) is 0 Å². The Hall–Kier alpha value is -0.610. The molecule has 1 fully saturated rings. The van der Waals surface area contributed by atoms with E-state index in [0.717, 1.165) is 36.1 Å². The van der Waals surface area contributed by atoms with Crippen molar-refractivity contribution in [2.45, 2.75) is 25.9 Å². The first-order valence-electron chi connectivity index (χ1n) is 5.12. The molecule has 0 aromatic carbocycles. The molecule has 1 aliphatic rings. The number of hydrogen-bond donors (Lipinski definition) is 0. The Kier molecular flexibility index (Phi) is 3.59. The second-order valence-corrected chi connectivity index (χ2v) is 4.58. The predicted molar refractivity (Wildman–Crippen MR) is 61.1 cm³/mol. The van der Waals surface area contributed by atoms with Crippen LogP contribution < -0.4 is 4.74 Å². The number of rotatable bonds is 2. The summed E-state index contributed by atoms with van der Waals surface area (Å²) in [6.45, 7) is 3.58. The van der Waals surface area contributed by atoms with Crippen molar-refractivity contribution in [2.75, 3.05) is 13.2 Å². The third-order valence-electron chi connectivity index (χ3n) is 2.39. The van der Waals surface area contributed by atoms with Gasteiger partial charge in [-0.2, -0.15) is 0 Å². The fraction of sp³-hybridized carbons (Fsp3) is 0.545. The van der Waals surface area contributed by atoms with E-state index in [4.69, 9.17) is 9.47 Å². The molecule has 1 saturated heterocycles. The lowest BCUT2D eigenvalue weighted by Gasteiger charge is -2.23. The molecule has 0 spiro atoms. The highest BCUT2D eigenvalue weighted by Gasteiger charge is 2.16. The SMILES string of the molecule is Cc1cnc(OC2CCOCC2)c(Br)c1. The summed E-state index contributed by atoms with van der Waals surface area (Å²) in [6.07, 6.45) is 3.95. The van der Waals surface area contributed by atoms with Crippen molar-refractivity contribution in [1.82, 2.24) is 4.98 Å². The van der Waals surface area contributed by atoms with Gasteiger partial charge >= 0.3 is 0 Å². The molecule has 0 atom stereocenters. The van der Waals surface area contributed by atoms with Crippen molar-refractivity contribution < 1.29 is 9.47 Å². The van der Waals surface area contributed by atoms with Crippen LogP contribution in [0, 0.1) is 6.92 Å². The molecule has 82 valence electrons. The summed E-state index contributed by atoms with van der Waals surface area (Å²) in [5, 5.41) is 0. The molecular weight excluding hydrogens is 258 g/mol. The van der Waals surface area contributed by atoms with Crippen LogP contribution in [0.15, 0.2) is 16.7 Å². The number of nitrogens with zero attached hydrogens (tertiary/aromatic N) is 1. The Labute approximate surface area is 97.9 Å². The minimum Gasteiger partial charge on any atom is -0.473 e. The van der Waals surface area contributed by atoms with Crippen LogP contribution in [0.3, 0.4) is 0 Å². The van der Waals surface area contributed by atoms with Crippen LogP contribution in [0.4, 0.5) is 0 Å². The highest BCUT2D eigenvalue weighted by atomic mass is 79.9. The third-order valence-corrected chi connectivity index (χ3v) is 2.96. The van der Waals surface area contributed by atoms with Crippen molar-refractivity contribution in [3.05, 3.63) is 22.3 Å². The zero-order valence-corrected chi connectivity index (χ0v) is 10.3. The van der Waals surface area contributed by atoms with E-state index in [2.05, 4.69) is 20.9 Å². The summed E-state index contributed by atoms with van der Waals surface area (Å²) >= 11 is 3.46. The highest BCUT2D eigenvalue weighted by molar-refractivity contribution is 9.10. The fourth-order valence-electron chi connectivity index (χ4n) is 1.56. The lowest BCUT2D eigenvalue weighted by atomic mass is 10.1. The highest BCUT2D eigenvalue weighted by Crippen LogP contribution is 2.25. The Balaban J connectivity index is 2.03. The number of ether oxygens (including phenoxy) is 2. The third kappa shape index (κ3) is 2.92. The van der Waals surface area contributed by atoms with Gasteiger partial charge in [0.1, 0.15) is 6.10 Å². The topological polar surface area (TPSA) is 31.4 Å². The first kappa shape index (κ1) is 10.9. The first-order chi connectivity index (χ1) is 7.25. The van der Waals surface area contributed by atoms with Gasteiger partial charge in [-0.25, -0.2) is 4.98 Å². The zero-order chi connectivity index (χ0) is 10.7. The summed E-state index contributed by atoms with van der Waals surface area (Å²) in [7, 11) is 0. The number of hydrogen-bond acceptors (Lipinski definition) is 3. The van der Waals surface area contributed by atoms with Gasteiger partial charge < -0.3 is 9.47 Å². The molecule has 0 unspecified atom stereocenters.